The lowest BCUT2D eigenvalue weighted by atomic mass is 10.1. The van der Waals surface area contributed by atoms with Gasteiger partial charge in [0, 0.05) is 11.6 Å². The Balaban J connectivity index is 2.81. The van der Waals surface area contributed by atoms with Crippen LogP contribution < -0.4 is 4.65 Å². The van der Waals surface area contributed by atoms with Crippen LogP contribution in [-0.4, -0.2) is 13.0 Å². The molecule has 0 atom stereocenters. The first-order valence-corrected chi connectivity index (χ1v) is 4.61. The summed E-state index contributed by atoms with van der Waals surface area (Å²) in [6, 6.07) is 6.25. The summed E-state index contributed by atoms with van der Waals surface area (Å²) in [6.07, 6.45) is 1.86. The quantitative estimate of drug-likeness (QED) is 0.631. The Hall–Kier alpha value is -1.51. The molecular weight excluding hydrogens is 173 g/mol. The van der Waals surface area contributed by atoms with E-state index in [1.54, 1.807) is 8.05 Å². The molecule has 0 unspecified atom stereocenters. The number of aryl methyl sites for hydroxylation is 2. The molecule has 1 aromatic carbocycles. The zero-order valence-corrected chi connectivity index (χ0v) is 8.66. The van der Waals surface area contributed by atoms with E-state index in [0.717, 1.165) is 16.7 Å². The van der Waals surface area contributed by atoms with Crippen molar-refractivity contribution in [3.8, 4) is 5.75 Å². The molecule has 3 heteroatoms. The fraction of sp³-hybridized carbons (Fsp3) is 0.182. The van der Waals surface area contributed by atoms with Crippen molar-refractivity contribution in [1.29, 1.82) is 0 Å². The second-order valence-electron chi connectivity index (χ2n) is 3.55. The monoisotopic (exact) mass is 185 g/mol. The van der Waals surface area contributed by atoms with Crippen molar-refractivity contribution in [2.24, 2.45) is 0 Å². The molecule has 2 rings (SSSR count). The van der Waals surface area contributed by atoms with Crippen molar-refractivity contribution in [3.63, 3.8) is 0 Å². The number of benzene rings is 1. The molecule has 0 spiro atoms. The molecule has 1 aromatic heterocycles. The molecule has 0 N–H and O–H groups in total. The predicted molar refractivity (Wildman–Crippen MR) is 60.4 cm³/mol. The SMILES string of the molecule is BOc1cc(C)cc2cc(C)cnc12. The molecule has 0 amide bonds. The number of aromatic nitrogens is 1. The van der Waals surface area contributed by atoms with E-state index in [0.29, 0.717) is 0 Å². The molecule has 0 saturated carbocycles. The van der Waals surface area contributed by atoms with Crippen LogP contribution in [0.4, 0.5) is 0 Å². The zero-order chi connectivity index (χ0) is 10.1. The molecule has 1 heterocycles. The van der Waals surface area contributed by atoms with Crippen LogP contribution in [0.15, 0.2) is 24.4 Å². The Kier molecular flexibility index (Phi) is 2.16. The first kappa shape index (κ1) is 9.07. The van der Waals surface area contributed by atoms with E-state index in [1.807, 2.05) is 19.2 Å². The zero-order valence-electron chi connectivity index (χ0n) is 8.66. The summed E-state index contributed by atoms with van der Waals surface area (Å²) in [5.74, 6) is 0.847. The third kappa shape index (κ3) is 1.46. The third-order valence-corrected chi connectivity index (χ3v) is 2.25. The third-order valence-electron chi connectivity index (χ3n) is 2.25. The van der Waals surface area contributed by atoms with Crippen molar-refractivity contribution in [2.45, 2.75) is 13.8 Å². The Morgan fingerprint density at radius 2 is 1.86 bits per heavy atom. The van der Waals surface area contributed by atoms with Gasteiger partial charge in [0.1, 0.15) is 11.3 Å². The second kappa shape index (κ2) is 3.33. The van der Waals surface area contributed by atoms with Gasteiger partial charge in [0.2, 0.25) is 0 Å². The van der Waals surface area contributed by atoms with Gasteiger partial charge in [0.05, 0.1) is 0 Å². The first-order chi connectivity index (χ1) is 6.70. The topological polar surface area (TPSA) is 22.1 Å². The highest BCUT2D eigenvalue weighted by Gasteiger charge is 2.03. The van der Waals surface area contributed by atoms with Crippen LogP contribution in [0, 0.1) is 13.8 Å². The predicted octanol–water partition coefficient (Wildman–Crippen LogP) is 1.78. The minimum Gasteiger partial charge on any atom is -0.566 e. The summed E-state index contributed by atoms with van der Waals surface area (Å²) in [7, 11) is 1.68. The first-order valence-electron chi connectivity index (χ1n) is 4.61. The summed E-state index contributed by atoms with van der Waals surface area (Å²) >= 11 is 0. The van der Waals surface area contributed by atoms with Crippen LogP contribution in [-0.2, 0) is 0 Å². The number of rotatable bonds is 1. The Bertz CT molecular complexity index is 477. The van der Waals surface area contributed by atoms with E-state index < -0.39 is 0 Å². The van der Waals surface area contributed by atoms with Crippen molar-refractivity contribution < 1.29 is 4.65 Å². The summed E-state index contributed by atoms with van der Waals surface area (Å²) in [5, 5.41) is 1.14. The van der Waals surface area contributed by atoms with Gasteiger partial charge in [0.25, 0.3) is 0 Å². The van der Waals surface area contributed by atoms with E-state index in [2.05, 4.69) is 24.0 Å². The van der Waals surface area contributed by atoms with Crippen LogP contribution in [0.1, 0.15) is 11.1 Å². The smallest absolute Gasteiger partial charge is 0.322 e. The Morgan fingerprint density at radius 3 is 2.57 bits per heavy atom. The molecule has 0 fully saturated rings. The largest absolute Gasteiger partial charge is 0.566 e. The van der Waals surface area contributed by atoms with Gasteiger partial charge in [0.15, 0.2) is 0 Å². The molecule has 0 aliphatic carbocycles. The van der Waals surface area contributed by atoms with Crippen LogP contribution in [0.25, 0.3) is 10.9 Å². The fourth-order valence-corrected chi connectivity index (χ4v) is 1.63. The summed E-state index contributed by atoms with van der Waals surface area (Å²) in [6.45, 7) is 4.10. The van der Waals surface area contributed by atoms with Gasteiger partial charge in [-0.05, 0) is 43.2 Å². The Morgan fingerprint density at radius 1 is 1.14 bits per heavy atom. The number of fused-ring (bicyclic) bond motifs is 1. The van der Waals surface area contributed by atoms with E-state index >= 15 is 0 Å². The van der Waals surface area contributed by atoms with Crippen LogP contribution in [0.5, 0.6) is 5.75 Å². The molecule has 0 radical (unpaired) electrons. The molecule has 2 aromatic rings. The van der Waals surface area contributed by atoms with E-state index in [-0.39, 0.29) is 0 Å². The molecule has 0 aliphatic rings. The highest BCUT2D eigenvalue weighted by Crippen LogP contribution is 2.25. The minimum absolute atomic E-state index is 0.847. The fourth-order valence-electron chi connectivity index (χ4n) is 1.63. The lowest BCUT2D eigenvalue weighted by Gasteiger charge is -2.07. The van der Waals surface area contributed by atoms with Crippen molar-refractivity contribution >= 4 is 19.0 Å². The number of hydrogen-bond acceptors (Lipinski definition) is 2. The lowest BCUT2D eigenvalue weighted by molar-refractivity contribution is 0.621. The number of nitrogens with zero attached hydrogens (tertiary/aromatic N) is 1. The maximum absolute atomic E-state index is 5.29. The molecule has 0 aliphatic heterocycles. The van der Waals surface area contributed by atoms with E-state index in [1.165, 1.54) is 11.1 Å². The van der Waals surface area contributed by atoms with Gasteiger partial charge in [-0.25, -0.2) is 0 Å². The van der Waals surface area contributed by atoms with E-state index in [9.17, 15) is 0 Å². The minimum atomic E-state index is 0.847. The average molecular weight is 185 g/mol. The molecule has 0 bridgehead atoms. The lowest BCUT2D eigenvalue weighted by Crippen LogP contribution is -1.91. The standard InChI is InChI=1S/C11H12BNO/c1-7-3-9-4-8(2)6-13-11(9)10(5-7)14-12/h3-6H,12H2,1-2H3. The maximum Gasteiger partial charge on any atom is 0.322 e. The number of hydrogen-bond donors (Lipinski definition) is 0. The Labute approximate surface area is 84.4 Å². The maximum atomic E-state index is 5.29. The van der Waals surface area contributed by atoms with Crippen LogP contribution >= 0.6 is 0 Å². The molecule has 0 saturated heterocycles. The van der Waals surface area contributed by atoms with Crippen molar-refractivity contribution in [1.82, 2.24) is 4.98 Å². The molecule has 14 heavy (non-hydrogen) atoms. The highest BCUT2D eigenvalue weighted by atomic mass is 16.4. The summed E-state index contributed by atoms with van der Waals surface area (Å²) < 4.78 is 5.29. The van der Waals surface area contributed by atoms with Crippen molar-refractivity contribution in [2.75, 3.05) is 0 Å². The highest BCUT2D eigenvalue weighted by molar-refractivity contribution is 6.02. The molecule has 2 nitrogen and oxygen atoms in total. The second-order valence-corrected chi connectivity index (χ2v) is 3.55. The average Bonchev–Trinajstić information content (AvgIpc) is 2.15. The molecule has 70 valence electrons. The molecular formula is C11H12BNO. The van der Waals surface area contributed by atoms with Gasteiger partial charge >= 0.3 is 8.05 Å². The van der Waals surface area contributed by atoms with Crippen LogP contribution in [0.3, 0.4) is 0 Å². The van der Waals surface area contributed by atoms with Gasteiger partial charge in [-0.2, -0.15) is 0 Å². The van der Waals surface area contributed by atoms with Gasteiger partial charge in [-0.15, -0.1) is 0 Å². The van der Waals surface area contributed by atoms with Gasteiger partial charge in [-0.1, -0.05) is 0 Å². The normalized spacial score (nSPS) is 10.4. The van der Waals surface area contributed by atoms with Gasteiger partial charge in [-0.3, -0.25) is 4.98 Å². The number of pyridine rings is 1. The van der Waals surface area contributed by atoms with Crippen LogP contribution in [0.2, 0.25) is 0 Å². The van der Waals surface area contributed by atoms with E-state index in [4.69, 9.17) is 4.65 Å². The summed E-state index contributed by atoms with van der Waals surface area (Å²) in [4.78, 5) is 4.37. The van der Waals surface area contributed by atoms with Crippen molar-refractivity contribution in [3.05, 3.63) is 35.5 Å². The van der Waals surface area contributed by atoms with Gasteiger partial charge < -0.3 is 4.65 Å². The summed E-state index contributed by atoms with van der Waals surface area (Å²) in [5.41, 5.74) is 3.30.